The van der Waals surface area contributed by atoms with E-state index in [0.717, 1.165) is 6.07 Å². The number of rotatable bonds is 4. The number of nitrogens with zero attached hydrogens (tertiary/aromatic N) is 2. The Balaban J connectivity index is 3.15. The van der Waals surface area contributed by atoms with Gasteiger partial charge in [0.2, 0.25) is 5.71 Å². The molecule has 0 saturated carbocycles. The van der Waals surface area contributed by atoms with Gasteiger partial charge in [-0.05, 0) is 12.1 Å². The molecular formula is C9H8N4O4S. The van der Waals surface area contributed by atoms with Crippen molar-refractivity contribution in [3.8, 4) is 6.07 Å². The SMILES string of the molecule is N#C/C(=N\Nc1ccccc1S(=O)(=O)O)C(N)=O. The molecule has 0 aromatic heterocycles. The largest absolute Gasteiger partial charge is 0.364 e. The Morgan fingerprint density at radius 1 is 1.44 bits per heavy atom. The zero-order chi connectivity index (χ0) is 13.8. The third-order valence-corrected chi connectivity index (χ3v) is 2.70. The van der Waals surface area contributed by atoms with Crippen molar-refractivity contribution in [2.75, 3.05) is 5.43 Å². The Morgan fingerprint density at radius 3 is 2.56 bits per heavy atom. The number of benzene rings is 1. The summed E-state index contributed by atoms with van der Waals surface area (Å²) in [7, 11) is -4.44. The first kappa shape index (κ1) is 13.6. The van der Waals surface area contributed by atoms with Gasteiger partial charge in [-0.15, -0.1) is 0 Å². The van der Waals surface area contributed by atoms with E-state index in [1.54, 1.807) is 0 Å². The predicted octanol–water partition coefficient (Wildman–Crippen LogP) is -0.290. The molecule has 1 amide bonds. The molecule has 1 aromatic rings. The van der Waals surface area contributed by atoms with Crippen molar-refractivity contribution in [3.63, 3.8) is 0 Å². The van der Waals surface area contributed by atoms with E-state index in [1.807, 2.05) is 0 Å². The van der Waals surface area contributed by atoms with Gasteiger partial charge in [0.25, 0.3) is 16.0 Å². The highest BCUT2D eigenvalue weighted by molar-refractivity contribution is 7.86. The van der Waals surface area contributed by atoms with Crippen molar-refractivity contribution in [2.45, 2.75) is 4.90 Å². The van der Waals surface area contributed by atoms with E-state index in [9.17, 15) is 13.2 Å². The molecular weight excluding hydrogens is 260 g/mol. The van der Waals surface area contributed by atoms with Crippen molar-refractivity contribution >= 4 is 27.4 Å². The van der Waals surface area contributed by atoms with Crippen LogP contribution in [0.15, 0.2) is 34.3 Å². The Morgan fingerprint density at radius 2 is 2.06 bits per heavy atom. The maximum atomic E-state index is 11.0. The molecule has 9 heteroatoms. The topological polar surface area (TPSA) is 146 Å². The molecule has 0 aliphatic carbocycles. The van der Waals surface area contributed by atoms with E-state index >= 15 is 0 Å². The first-order chi connectivity index (χ1) is 8.36. The van der Waals surface area contributed by atoms with Crippen LogP contribution in [-0.4, -0.2) is 24.6 Å². The number of hydrogen-bond acceptors (Lipinski definition) is 6. The zero-order valence-electron chi connectivity index (χ0n) is 8.86. The molecule has 0 spiro atoms. The Hall–Kier alpha value is -2.44. The fraction of sp³-hybridized carbons (Fsp3) is 0. The quantitative estimate of drug-likeness (QED) is 0.388. The van der Waals surface area contributed by atoms with Crippen LogP contribution in [0.4, 0.5) is 5.69 Å². The molecule has 0 aliphatic rings. The Bertz CT molecular complexity index is 645. The maximum Gasteiger partial charge on any atom is 0.296 e. The van der Waals surface area contributed by atoms with Crippen molar-refractivity contribution in [1.29, 1.82) is 5.26 Å². The van der Waals surface area contributed by atoms with Crippen LogP contribution in [0.3, 0.4) is 0 Å². The summed E-state index contributed by atoms with van der Waals surface area (Å²) in [5.41, 5.74) is 6.30. The summed E-state index contributed by atoms with van der Waals surface area (Å²) >= 11 is 0. The van der Waals surface area contributed by atoms with Gasteiger partial charge in [0.1, 0.15) is 11.0 Å². The molecule has 0 atom stereocenters. The second-order valence-corrected chi connectivity index (χ2v) is 4.41. The van der Waals surface area contributed by atoms with E-state index < -0.39 is 26.6 Å². The van der Waals surface area contributed by atoms with Gasteiger partial charge < -0.3 is 5.73 Å². The van der Waals surface area contributed by atoms with Crippen LogP contribution >= 0.6 is 0 Å². The second kappa shape index (κ2) is 5.26. The van der Waals surface area contributed by atoms with Crippen LogP contribution < -0.4 is 11.2 Å². The number of nitriles is 1. The summed E-state index contributed by atoms with van der Waals surface area (Å²) < 4.78 is 31.0. The highest BCUT2D eigenvalue weighted by Crippen LogP contribution is 2.20. The number of primary amides is 1. The molecule has 0 radical (unpaired) electrons. The molecule has 0 fully saturated rings. The van der Waals surface area contributed by atoms with Crippen molar-refractivity contribution in [2.24, 2.45) is 10.8 Å². The summed E-state index contributed by atoms with van der Waals surface area (Å²) in [6.07, 6.45) is 0. The summed E-state index contributed by atoms with van der Waals surface area (Å²) in [6.45, 7) is 0. The Labute approximate surface area is 102 Å². The van der Waals surface area contributed by atoms with Gasteiger partial charge >= 0.3 is 0 Å². The minimum atomic E-state index is -4.44. The van der Waals surface area contributed by atoms with E-state index in [1.165, 1.54) is 24.3 Å². The normalized spacial score (nSPS) is 11.7. The molecule has 1 aromatic carbocycles. The monoisotopic (exact) mass is 268 g/mol. The lowest BCUT2D eigenvalue weighted by atomic mass is 10.3. The third-order valence-electron chi connectivity index (χ3n) is 1.79. The van der Waals surface area contributed by atoms with Crippen LogP contribution in [0.2, 0.25) is 0 Å². The van der Waals surface area contributed by atoms with E-state index in [2.05, 4.69) is 10.5 Å². The highest BCUT2D eigenvalue weighted by atomic mass is 32.2. The molecule has 1 rings (SSSR count). The number of nitrogens with two attached hydrogens (primary N) is 1. The minimum Gasteiger partial charge on any atom is -0.364 e. The fourth-order valence-electron chi connectivity index (χ4n) is 1.04. The molecule has 0 aliphatic heterocycles. The van der Waals surface area contributed by atoms with Gasteiger partial charge in [-0.2, -0.15) is 18.8 Å². The smallest absolute Gasteiger partial charge is 0.296 e. The van der Waals surface area contributed by atoms with Crippen LogP contribution in [-0.2, 0) is 14.9 Å². The number of carbonyl (C=O) groups is 1. The average molecular weight is 268 g/mol. The number of nitrogens with one attached hydrogen (secondary N) is 1. The average Bonchev–Trinajstić information content (AvgIpc) is 2.28. The number of hydrogen-bond donors (Lipinski definition) is 3. The van der Waals surface area contributed by atoms with Gasteiger partial charge in [-0.25, -0.2) is 0 Å². The summed E-state index contributed by atoms with van der Waals surface area (Å²) in [5.74, 6) is -1.06. The lowest BCUT2D eigenvalue weighted by molar-refractivity contribution is -0.111. The minimum absolute atomic E-state index is 0.0889. The molecule has 0 heterocycles. The van der Waals surface area contributed by atoms with Crippen molar-refractivity contribution in [3.05, 3.63) is 24.3 Å². The Kier molecular flexibility index (Phi) is 3.98. The lowest BCUT2D eigenvalue weighted by Crippen LogP contribution is -2.22. The molecule has 0 unspecified atom stereocenters. The first-order valence-electron chi connectivity index (χ1n) is 4.46. The standard InChI is InChI=1S/C9H8N4O4S/c10-5-7(9(11)14)13-12-6-3-1-2-4-8(6)18(15,16)17/h1-4,12H,(H2,11,14)(H,15,16,17)/b13-7+. The van der Waals surface area contributed by atoms with E-state index in [-0.39, 0.29) is 5.69 Å². The molecule has 8 nitrogen and oxygen atoms in total. The van der Waals surface area contributed by atoms with E-state index in [0.29, 0.717) is 0 Å². The number of hydrazone groups is 1. The molecule has 4 N–H and O–H groups in total. The lowest BCUT2D eigenvalue weighted by Gasteiger charge is -2.05. The van der Waals surface area contributed by atoms with Gasteiger partial charge in [0, 0.05) is 0 Å². The summed E-state index contributed by atoms with van der Waals surface area (Å²) in [5, 5.41) is 11.9. The van der Waals surface area contributed by atoms with Gasteiger partial charge in [0.15, 0.2) is 0 Å². The number of carbonyl (C=O) groups excluding carboxylic acids is 1. The van der Waals surface area contributed by atoms with Gasteiger partial charge in [-0.1, -0.05) is 12.1 Å². The summed E-state index contributed by atoms with van der Waals surface area (Å²) in [4.78, 5) is 10.3. The molecule has 0 saturated heterocycles. The van der Waals surface area contributed by atoms with Crippen molar-refractivity contribution < 1.29 is 17.8 Å². The first-order valence-corrected chi connectivity index (χ1v) is 5.90. The maximum absolute atomic E-state index is 11.0. The van der Waals surface area contributed by atoms with Gasteiger partial charge in [-0.3, -0.25) is 14.8 Å². The van der Waals surface area contributed by atoms with Gasteiger partial charge in [0.05, 0.1) is 5.69 Å². The van der Waals surface area contributed by atoms with E-state index in [4.69, 9.17) is 15.5 Å². The number of amides is 1. The van der Waals surface area contributed by atoms with Crippen LogP contribution in [0.25, 0.3) is 0 Å². The van der Waals surface area contributed by atoms with Crippen LogP contribution in [0, 0.1) is 11.3 Å². The fourth-order valence-corrected chi connectivity index (χ4v) is 1.68. The highest BCUT2D eigenvalue weighted by Gasteiger charge is 2.14. The number of anilines is 1. The summed E-state index contributed by atoms with van der Waals surface area (Å²) in [6, 6.07) is 6.71. The zero-order valence-corrected chi connectivity index (χ0v) is 9.68. The second-order valence-electron chi connectivity index (χ2n) is 3.02. The molecule has 94 valence electrons. The molecule has 0 bridgehead atoms. The predicted molar refractivity (Wildman–Crippen MR) is 62.1 cm³/mol. The van der Waals surface area contributed by atoms with Crippen molar-refractivity contribution in [1.82, 2.24) is 0 Å². The number of para-hydroxylation sites is 1. The van der Waals surface area contributed by atoms with Crippen LogP contribution in [0.1, 0.15) is 0 Å². The molecule has 18 heavy (non-hydrogen) atoms. The van der Waals surface area contributed by atoms with Crippen LogP contribution in [0.5, 0.6) is 0 Å². The third kappa shape index (κ3) is 3.27.